The number of benzene rings is 2. The van der Waals surface area contributed by atoms with Crippen LogP contribution < -0.4 is 5.32 Å². The van der Waals surface area contributed by atoms with E-state index in [1.54, 1.807) is 0 Å². The summed E-state index contributed by atoms with van der Waals surface area (Å²) in [5, 5.41) is 14.3. The van der Waals surface area contributed by atoms with E-state index in [4.69, 9.17) is 0 Å². The van der Waals surface area contributed by atoms with Crippen LogP contribution in [-0.4, -0.2) is 26.1 Å². The summed E-state index contributed by atoms with van der Waals surface area (Å²) in [6, 6.07) is 17.2. The van der Waals surface area contributed by atoms with Crippen molar-refractivity contribution >= 4 is 11.6 Å². The van der Waals surface area contributed by atoms with Crippen molar-refractivity contribution in [1.82, 2.24) is 20.2 Å². The molecule has 1 amide bonds. The number of nitrogens with one attached hydrogen (secondary N) is 1. The molecule has 0 aliphatic heterocycles. The summed E-state index contributed by atoms with van der Waals surface area (Å²) in [4.78, 5) is 12.1. The van der Waals surface area contributed by atoms with Crippen molar-refractivity contribution in [2.45, 2.75) is 13.5 Å². The summed E-state index contributed by atoms with van der Waals surface area (Å²) in [6.07, 6.45) is 0. The molecule has 0 fully saturated rings. The smallest absolute Gasteiger partial charge is 0.246 e. The van der Waals surface area contributed by atoms with Gasteiger partial charge in [-0.2, -0.15) is 0 Å². The Labute approximate surface area is 127 Å². The van der Waals surface area contributed by atoms with E-state index in [1.165, 1.54) is 4.68 Å². The molecule has 22 heavy (non-hydrogen) atoms. The van der Waals surface area contributed by atoms with Gasteiger partial charge in [-0.1, -0.05) is 48.0 Å². The van der Waals surface area contributed by atoms with Gasteiger partial charge in [0.05, 0.1) is 0 Å². The highest BCUT2D eigenvalue weighted by Gasteiger charge is 2.12. The van der Waals surface area contributed by atoms with Crippen LogP contribution in [0.15, 0.2) is 54.6 Å². The molecular weight excluding hydrogens is 278 g/mol. The summed E-state index contributed by atoms with van der Waals surface area (Å²) in [5.74, 6) is 0.396. The van der Waals surface area contributed by atoms with Gasteiger partial charge in [0.2, 0.25) is 5.91 Å². The number of tetrazole rings is 1. The average molecular weight is 293 g/mol. The fourth-order valence-corrected chi connectivity index (χ4v) is 2.08. The van der Waals surface area contributed by atoms with Crippen molar-refractivity contribution in [2.75, 3.05) is 5.32 Å². The third kappa shape index (κ3) is 3.17. The predicted octanol–water partition coefficient (Wildman–Crippen LogP) is 2.29. The largest absolute Gasteiger partial charge is 0.324 e. The molecule has 3 aromatic rings. The SMILES string of the molecule is Cc1ccc(NC(=O)Cn2nnnc2-c2ccccc2)cc1. The maximum Gasteiger partial charge on any atom is 0.246 e. The number of hydrogen-bond donors (Lipinski definition) is 1. The predicted molar refractivity (Wildman–Crippen MR) is 83.1 cm³/mol. The Morgan fingerprint density at radius 3 is 2.55 bits per heavy atom. The van der Waals surface area contributed by atoms with Gasteiger partial charge in [0, 0.05) is 11.3 Å². The molecule has 6 heteroatoms. The monoisotopic (exact) mass is 293 g/mol. The van der Waals surface area contributed by atoms with Crippen LogP contribution in [-0.2, 0) is 11.3 Å². The zero-order valence-electron chi connectivity index (χ0n) is 12.1. The van der Waals surface area contributed by atoms with E-state index in [-0.39, 0.29) is 12.5 Å². The molecule has 2 aromatic carbocycles. The lowest BCUT2D eigenvalue weighted by Gasteiger charge is -2.07. The quantitative estimate of drug-likeness (QED) is 0.801. The Morgan fingerprint density at radius 2 is 1.82 bits per heavy atom. The highest BCUT2D eigenvalue weighted by Crippen LogP contribution is 2.15. The molecular formula is C16H15N5O. The Balaban J connectivity index is 1.73. The van der Waals surface area contributed by atoms with E-state index in [0.29, 0.717) is 5.82 Å². The fraction of sp³-hybridized carbons (Fsp3) is 0.125. The van der Waals surface area contributed by atoms with Gasteiger partial charge < -0.3 is 5.32 Å². The van der Waals surface area contributed by atoms with E-state index in [1.807, 2.05) is 61.5 Å². The summed E-state index contributed by atoms with van der Waals surface area (Å²) >= 11 is 0. The summed E-state index contributed by atoms with van der Waals surface area (Å²) < 4.78 is 1.48. The third-order valence-corrected chi connectivity index (χ3v) is 3.19. The molecule has 0 aliphatic rings. The number of nitrogens with zero attached hydrogens (tertiary/aromatic N) is 4. The second kappa shape index (κ2) is 6.17. The first kappa shape index (κ1) is 13.9. The summed E-state index contributed by atoms with van der Waals surface area (Å²) in [5.41, 5.74) is 2.77. The second-order valence-corrected chi connectivity index (χ2v) is 4.94. The molecule has 0 bridgehead atoms. The van der Waals surface area contributed by atoms with Crippen molar-refractivity contribution in [3.05, 3.63) is 60.2 Å². The van der Waals surface area contributed by atoms with Crippen molar-refractivity contribution < 1.29 is 4.79 Å². The molecule has 0 radical (unpaired) electrons. The van der Waals surface area contributed by atoms with Gasteiger partial charge in [0.15, 0.2) is 5.82 Å². The number of carbonyl (C=O) groups is 1. The minimum atomic E-state index is -0.173. The topological polar surface area (TPSA) is 72.7 Å². The van der Waals surface area contributed by atoms with Crippen LogP contribution in [0.3, 0.4) is 0 Å². The number of rotatable bonds is 4. The lowest BCUT2D eigenvalue weighted by molar-refractivity contribution is -0.116. The lowest BCUT2D eigenvalue weighted by Crippen LogP contribution is -2.20. The zero-order chi connectivity index (χ0) is 15.4. The first-order valence-corrected chi connectivity index (χ1v) is 6.90. The standard InChI is InChI=1S/C16H15N5O/c1-12-7-9-14(10-8-12)17-15(22)11-21-16(18-19-20-21)13-5-3-2-4-6-13/h2-10H,11H2,1H3,(H,17,22). The number of hydrogen-bond acceptors (Lipinski definition) is 4. The molecule has 1 N–H and O–H groups in total. The normalized spacial score (nSPS) is 10.4. The van der Waals surface area contributed by atoms with Crippen LogP contribution in [0.1, 0.15) is 5.56 Å². The highest BCUT2D eigenvalue weighted by molar-refractivity contribution is 5.90. The van der Waals surface area contributed by atoms with E-state index < -0.39 is 0 Å². The number of carbonyl (C=O) groups excluding carboxylic acids is 1. The number of aromatic nitrogens is 4. The van der Waals surface area contributed by atoms with Gasteiger partial charge in [-0.15, -0.1) is 5.10 Å². The molecule has 0 saturated carbocycles. The lowest BCUT2D eigenvalue weighted by atomic mass is 10.2. The van der Waals surface area contributed by atoms with Crippen LogP contribution >= 0.6 is 0 Å². The van der Waals surface area contributed by atoms with Crippen LogP contribution in [0.25, 0.3) is 11.4 Å². The first-order valence-electron chi connectivity index (χ1n) is 6.90. The van der Waals surface area contributed by atoms with E-state index in [9.17, 15) is 4.79 Å². The van der Waals surface area contributed by atoms with E-state index in [0.717, 1.165) is 16.8 Å². The van der Waals surface area contributed by atoms with Crippen LogP contribution in [0.4, 0.5) is 5.69 Å². The average Bonchev–Trinajstić information content (AvgIpc) is 2.98. The Bertz CT molecular complexity index is 765. The maximum atomic E-state index is 12.1. The molecule has 1 aromatic heterocycles. The van der Waals surface area contributed by atoms with Gasteiger partial charge in [-0.3, -0.25) is 4.79 Å². The number of aryl methyl sites for hydroxylation is 1. The molecule has 0 atom stereocenters. The second-order valence-electron chi connectivity index (χ2n) is 4.94. The number of anilines is 1. The summed E-state index contributed by atoms with van der Waals surface area (Å²) in [7, 11) is 0. The Morgan fingerprint density at radius 1 is 1.09 bits per heavy atom. The summed E-state index contributed by atoms with van der Waals surface area (Å²) in [6.45, 7) is 2.06. The van der Waals surface area contributed by atoms with Gasteiger partial charge in [-0.25, -0.2) is 4.68 Å². The van der Waals surface area contributed by atoms with Crippen molar-refractivity contribution in [3.63, 3.8) is 0 Å². The Hall–Kier alpha value is -3.02. The van der Waals surface area contributed by atoms with Gasteiger partial charge >= 0.3 is 0 Å². The minimum Gasteiger partial charge on any atom is -0.324 e. The van der Waals surface area contributed by atoms with Crippen molar-refractivity contribution in [2.24, 2.45) is 0 Å². The van der Waals surface area contributed by atoms with Crippen LogP contribution in [0, 0.1) is 6.92 Å². The zero-order valence-corrected chi connectivity index (χ0v) is 12.1. The number of amides is 1. The highest BCUT2D eigenvalue weighted by atomic mass is 16.2. The van der Waals surface area contributed by atoms with Gasteiger partial charge in [0.25, 0.3) is 0 Å². The van der Waals surface area contributed by atoms with Crippen LogP contribution in [0.5, 0.6) is 0 Å². The fourth-order valence-electron chi connectivity index (χ4n) is 2.08. The van der Waals surface area contributed by atoms with Gasteiger partial charge in [-0.05, 0) is 29.5 Å². The Kier molecular flexibility index (Phi) is 3.91. The minimum absolute atomic E-state index is 0.0606. The molecule has 0 unspecified atom stereocenters. The molecule has 0 spiro atoms. The molecule has 1 heterocycles. The first-order chi connectivity index (χ1) is 10.7. The molecule has 0 aliphatic carbocycles. The molecule has 3 rings (SSSR count). The maximum absolute atomic E-state index is 12.1. The molecule has 0 saturated heterocycles. The van der Waals surface area contributed by atoms with Crippen molar-refractivity contribution in [3.8, 4) is 11.4 Å². The van der Waals surface area contributed by atoms with Crippen LogP contribution in [0.2, 0.25) is 0 Å². The molecule has 110 valence electrons. The third-order valence-electron chi connectivity index (χ3n) is 3.19. The van der Waals surface area contributed by atoms with E-state index >= 15 is 0 Å². The van der Waals surface area contributed by atoms with Gasteiger partial charge in [0.1, 0.15) is 6.54 Å². The molecule has 6 nitrogen and oxygen atoms in total. The van der Waals surface area contributed by atoms with Crippen molar-refractivity contribution in [1.29, 1.82) is 0 Å². The van der Waals surface area contributed by atoms with E-state index in [2.05, 4.69) is 20.8 Å².